The molecule has 0 fully saturated rings. The van der Waals surface area contributed by atoms with E-state index >= 15 is 0 Å². The number of carboxylic acid groups (broad SMARTS) is 1. The van der Waals surface area contributed by atoms with Crippen molar-refractivity contribution < 1.29 is 14.7 Å². The number of fused-ring (bicyclic) bond motifs is 2. The number of carboxylic acids is 1. The third kappa shape index (κ3) is 2.64. The van der Waals surface area contributed by atoms with Crippen LogP contribution in [0.15, 0.2) is 58.3 Å². The lowest BCUT2D eigenvalue weighted by Crippen LogP contribution is -2.28. The lowest BCUT2D eigenvalue weighted by Gasteiger charge is -2.31. The Labute approximate surface area is 126 Å². The zero-order chi connectivity index (χ0) is 14.8. The molecule has 3 rings (SSSR count). The van der Waals surface area contributed by atoms with Gasteiger partial charge in [0.1, 0.15) is 0 Å². The molecule has 1 heterocycles. The van der Waals surface area contributed by atoms with Crippen molar-refractivity contribution in [2.75, 3.05) is 4.90 Å². The Bertz CT molecular complexity index is 669. The molecule has 4 nitrogen and oxygen atoms in total. The molecule has 2 aromatic carbocycles. The van der Waals surface area contributed by atoms with Crippen molar-refractivity contribution in [2.45, 2.75) is 22.6 Å². The van der Waals surface area contributed by atoms with Crippen molar-refractivity contribution in [3.8, 4) is 0 Å². The van der Waals surface area contributed by atoms with Crippen LogP contribution in [0.25, 0.3) is 0 Å². The third-order valence-corrected chi connectivity index (χ3v) is 4.36. The molecule has 106 valence electrons. The van der Waals surface area contributed by atoms with Gasteiger partial charge in [0.15, 0.2) is 0 Å². The predicted molar refractivity (Wildman–Crippen MR) is 81.0 cm³/mol. The third-order valence-electron chi connectivity index (χ3n) is 3.23. The molecule has 1 aliphatic rings. The predicted octanol–water partition coefficient (Wildman–Crippen LogP) is 3.68. The highest BCUT2D eigenvalue weighted by atomic mass is 32.2. The fraction of sp³-hybridized carbons (Fsp3) is 0.125. The Morgan fingerprint density at radius 2 is 1.43 bits per heavy atom. The summed E-state index contributed by atoms with van der Waals surface area (Å²) in [5.41, 5.74) is 1.63. The van der Waals surface area contributed by atoms with Gasteiger partial charge in [-0.1, -0.05) is 36.0 Å². The van der Waals surface area contributed by atoms with Crippen molar-refractivity contribution in [3.05, 3.63) is 48.5 Å². The number of hydrogen-bond donors (Lipinski definition) is 1. The molecule has 0 saturated carbocycles. The van der Waals surface area contributed by atoms with E-state index in [2.05, 4.69) is 0 Å². The van der Waals surface area contributed by atoms with Crippen molar-refractivity contribution >= 4 is 35.0 Å². The zero-order valence-corrected chi connectivity index (χ0v) is 12.0. The van der Waals surface area contributed by atoms with Crippen molar-refractivity contribution in [3.63, 3.8) is 0 Å². The molecule has 21 heavy (non-hydrogen) atoms. The van der Waals surface area contributed by atoms with E-state index in [0.717, 1.165) is 21.2 Å². The summed E-state index contributed by atoms with van der Waals surface area (Å²) in [6.07, 6.45) is -0.171. The first-order chi connectivity index (χ1) is 10.2. The number of carbonyl (C=O) groups is 2. The first-order valence-corrected chi connectivity index (χ1v) is 7.39. The summed E-state index contributed by atoms with van der Waals surface area (Å²) in [4.78, 5) is 26.8. The van der Waals surface area contributed by atoms with Crippen LogP contribution in [-0.4, -0.2) is 17.0 Å². The largest absolute Gasteiger partial charge is 0.481 e. The van der Waals surface area contributed by atoms with Gasteiger partial charge < -0.3 is 5.11 Å². The number of amides is 1. The minimum absolute atomic E-state index is 0.0112. The number of hydrogen-bond acceptors (Lipinski definition) is 3. The molecule has 0 aliphatic carbocycles. The summed E-state index contributed by atoms with van der Waals surface area (Å²) in [6.45, 7) is 0. The molecule has 1 aliphatic heterocycles. The SMILES string of the molecule is O=C(O)CCC(=O)N1c2ccccc2Sc2ccccc21. The van der Waals surface area contributed by atoms with Gasteiger partial charge in [0.05, 0.1) is 17.8 Å². The molecule has 2 aromatic rings. The number of nitrogens with zero attached hydrogens (tertiary/aromatic N) is 1. The molecule has 0 bridgehead atoms. The quantitative estimate of drug-likeness (QED) is 0.939. The Kier molecular flexibility index (Phi) is 3.66. The smallest absolute Gasteiger partial charge is 0.303 e. The Balaban J connectivity index is 2.02. The first-order valence-electron chi connectivity index (χ1n) is 6.57. The van der Waals surface area contributed by atoms with Gasteiger partial charge >= 0.3 is 5.97 Å². The van der Waals surface area contributed by atoms with Gasteiger partial charge in [-0.05, 0) is 24.3 Å². The van der Waals surface area contributed by atoms with Gasteiger partial charge in [0.2, 0.25) is 5.91 Å². The molecule has 0 saturated heterocycles. The summed E-state index contributed by atoms with van der Waals surface area (Å²) in [6, 6.07) is 15.3. The molecule has 0 aromatic heterocycles. The van der Waals surface area contributed by atoms with Crippen LogP contribution in [0.4, 0.5) is 11.4 Å². The highest BCUT2D eigenvalue weighted by molar-refractivity contribution is 7.99. The number of aliphatic carboxylic acids is 1. The van der Waals surface area contributed by atoms with Gasteiger partial charge in [-0.25, -0.2) is 0 Å². The van der Waals surface area contributed by atoms with Crippen LogP contribution < -0.4 is 4.90 Å². The summed E-state index contributed by atoms with van der Waals surface area (Å²) < 4.78 is 0. The standard InChI is InChI=1S/C16H13NO3S/c18-15(9-10-16(19)20)17-11-5-1-3-7-13(11)21-14-8-4-2-6-12(14)17/h1-8H,9-10H2,(H,19,20). The molecule has 0 atom stereocenters. The van der Waals surface area contributed by atoms with Crippen LogP contribution in [0, 0.1) is 0 Å². The number of para-hydroxylation sites is 2. The van der Waals surface area contributed by atoms with Crippen LogP contribution in [0.5, 0.6) is 0 Å². The van der Waals surface area contributed by atoms with E-state index in [0.29, 0.717) is 0 Å². The zero-order valence-electron chi connectivity index (χ0n) is 11.2. The monoisotopic (exact) mass is 299 g/mol. The fourth-order valence-electron chi connectivity index (χ4n) is 2.30. The van der Waals surface area contributed by atoms with E-state index in [9.17, 15) is 9.59 Å². The maximum absolute atomic E-state index is 12.5. The van der Waals surface area contributed by atoms with Crippen LogP contribution in [0.1, 0.15) is 12.8 Å². The van der Waals surface area contributed by atoms with Gasteiger partial charge in [-0.2, -0.15) is 0 Å². The fourth-order valence-corrected chi connectivity index (χ4v) is 3.36. The van der Waals surface area contributed by atoms with E-state index in [1.165, 1.54) is 0 Å². The van der Waals surface area contributed by atoms with Gasteiger partial charge in [0, 0.05) is 16.2 Å². The number of rotatable bonds is 3. The van der Waals surface area contributed by atoms with E-state index < -0.39 is 5.97 Å². The summed E-state index contributed by atoms with van der Waals surface area (Å²) >= 11 is 1.62. The maximum atomic E-state index is 12.5. The number of carbonyl (C=O) groups excluding carboxylic acids is 1. The second kappa shape index (κ2) is 5.61. The topological polar surface area (TPSA) is 57.6 Å². The van der Waals surface area contributed by atoms with Gasteiger partial charge in [-0.15, -0.1) is 0 Å². The minimum atomic E-state index is -0.962. The Morgan fingerprint density at radius 3 is 1.95 bits per heavy atom. The lowest BCUT2D eigenvalue weighted by atomic mass is 10.2. The number of benzene rings is 2. The summed E-state index contributed by atoms with van der Waals surface area (Å²) in [5.74, 6) is -1.16. The molecule has 0 unspecified atom stereocenters. The van der Waals surface area contributed by atoms with Crippen molar-refractivity contribution in [2.24, 2.45) is 0 Å². The lowest BCUT2D eigenvalue weighted by molar-refractivity contribution is -0.138. The maximum Gasteiger partial charge on any atom is 0.303 e. The average molecular weight is 299 g/mol. The molecule has 5 heteroatoms. The van der Waals surface area contributed by atoms with E-state index in [1.54, 1.807) is 16.7 Å². The first kappa shape index (κ1) is 13.7. The van der Waals surface area contributed by atoms with Crippen molar-refractivity contribution in [1.82, 2.24) is 0 Å². The molecule has 1 N–H and O–H groups in total. The van der Waals surface area contributed by atoms with Gasteiger partial charge in [-0.3, -0.25) is 14.5 Å². The van der Waals surface area contributed by atoms with E-state index in [4.69, 9.17) is 5.11 Å². The normalized spacial score (nSPS) is 12.5. The Hall–Kier alpha value is -2.27. The van der Waals surface area contributed by atoms with Crippen molar-refractivity contribution in [1.29, 1.82) is 0 Å². The molecule has 0 radical (unpaired) electrons. The molecule has 0 spiro atoms. The van der Waals surface area contributed by atoms with Crippen LogP contribution in [0.3, 0.4) is 0 Å². The highest BCUT2D eigenvalue weighted by Gasteiger charge is 2.27. The van der Waals surface area contributed by atoms with Gasteiger partial charge in [0.25, 0.3) is 0 Å². The molecular formula is C16H13NO3S. The minimum Gasteiger partial charge on any atom is -0.481 e. The van der Waals surface area contributed by atoms with E-state index in [-0.39, 0.29) is 18.7 Å². The summed E-state index contributed by atoms with van der Waals surface area (Å²) in [5, 5.41) is 8.78. The van der Waals surface area contributed by atoms with Crippen LogP contribution in [-0.2, 0) is 9.59 Å². The average Bonchev–Trinajstić information content (AvgIpc) is 2.50. The molecule has 1 amide bonds. The van der Waals surface area contributed by atoms with Crippen LogP contribution >= 0.6 is 11.8 Å². The second-order valence-electron chi connectivity index (χ2n) is 4.66. The Morgan fingerprint density at radius 1 is 0.905 bits per heavy atom. The van der Waals surface area contributed by atoms with Crippen LogP contribution in [0.2, 0.25) is 0 Å². The second-order valence-corrected chi connectivity index (χ2v) is 5.74. The highest BCUT2D eigenvalue weighted by Crippen LogP contribution is 2.48. The molecular weight excluding hydrogens is 286 g/mol. The van der Waals surface area contributed by atoms with E-state index in [1.807, 2.05) is 48.5 Å². The summed E-state index contributed by atoms with van der Waals surface area (Å²) in [7, 11) is 0. The number of anilines is 2.